The molecule has 1 amide bonds. The number of nitrogens with zero attached hydrogens (tertiary/aromatic N) is 3. The maximum Gasteiger partial charge on any atom is 0.273 e. The van der Waals surface area contributed by atoms with Gasteiger partial charge in [-0.3, -0.25) is 4.79 Å². The van der Waals surface area contributed by atoms with Crippen molar-refractivity contribution in [3.63, 3.8) is 0 Å². The highest BCUT2D eigenvalue weighted by Crippen LogP contribution is 2.30. The number of rotatable bonds is 6. The Morgan fingerprint density at radius 2 is 1.86 bits per heavy atom. The van der Waals surface area contributed by atoms with Crippen LogP contribution in [0, 0.1) is 0 Å². The topological polar surface area (TPSA) is 71.8 Å². The number of carbonyl (C=O) groups excluding carboxylic acids is 1. The molecule has 1 fully saturated rings. The number of hydrogen-bond acceptors (Lipinski definition) is 5. The third-order valence-corrected chi connectivity index (χ3v) is 5.93. The quantitative estimate of drug-likeness (QED) is 0.672. The fourth-order valence-corrected chi connectivity index (χ4v) is 4.23. The third kappa shape index (κ3) is 4.61. The molecule has 3 aromatic rings. The second-order valence-corrected chi connectivity index (χ2v) is 7.89. The van der Waals surface area contributed by atoms with Gasteiger partial charge in [-0.05, 0) is 49.7 Å². The van der Waals surface area contributed by atoms with Gasteiger partial charge < -0.3 is 10.6 Å². The summed E-state index contributed by atoms with van der Waals surface area (Å²) in [4.78, 5) is 14.8. The van der Waals surface area contributed by atoms with E-state index in [2.05, 4.69) is 39.1 Å². The summed E-state index contributed by atoms with van der Waals surface area (Å²) in [6.45, 7) is 2.40. The number of hydrogen-bond donors (Lipinski definition) is 2. The standard InChI is InChI=1S/C21H23N5OS/c27-21(19-15-26(25-24-19)17-10-12-22-13-11-17)23-14-16-6-4-5-9-20(16)28-18-7-2-1-3-8-18/h1-9,15,17,22H,10-14H2,(H,23,27). The SMILES string of the molecule is O=C(NCc1ccccc1Sc1ccccc1)c1cn(C2CCNCC2)nn1. The van der Waals surface area contributed by atoms with Crippen molar-refractivity contribution in [2.75, 3.05) is 13.1 Å². The van der Waals surface area contributed by atoms with Crippen molar-refractivity contribution in [1.29, 1.82) is 0 Å². The van der Waals surface area contributed by atoms with Crippen LogP contribution in [0.15, 0.2) is 70.6 Å². The summed E-state index contributed by atoms with van der Waals surface area (Å²) in [5.74, 6) is -0.195. The summed E-state index contributed by atoms with van der Waals surface area (Å²) in [5.41, 5.74) is 1.45. The summed E-state index contributed by atoms with van der Waals surface area (Å²) in [6.07, 6.45) is 3.78. The van der Waals surface area contributed by atoms with Crippen molar-refractivity contribution < 1.29 is 4.79 Å². The second-order valence-electron chi connectivity index (χ2n) is 6.77. The largest absolute Gasteiger partial charge is 0.346 e. The molecule has 144 valence electrons. The molecular weight excluding hydrogens is 370 g/mol. The molecule has 0 unspecified atom stereocenters. The first kappa shape index (κ1) is 18.7. The molecule has 7 heteroatoms. The molecule has 2 N–H and O–H groups in total. The van der Waals surface area contributed by atoms with Crippen LogP contribution in [0.25, 0.3) is 0 Å². The fourth-order valence-electron chi connectivity index (χ4n) is 3.26. The predicted octanol–water partition coefficient (Wildman–Crippen LogP) is 3.28. The van der Waals surface area contributed by atoms with Crippen molar-refractivity contribution in [1.82, 2.24) is 25.6 Å². The van der Waals surface area contributed by atoms with Crippen LogP contribution in [0.4, 0.5) is 0 Å². The maximum atomic E-state index is 12.5. The molecule has 1 aliphatic heterocycles. The molecule has 0 radical (unpaired) electrons. The van der Waals surface area contributed by atoms with Crippen molar-refractivity contribution in [3.8, 4) is 0 Å². The van der Waals surface area contributed by atoms with Gasteiger partial charge >= 0.3 is 0 Å². The Morgan fingerprint density at radius 1 is 1.11 bits per heavy atom. The van der Waals surface area contributed by atoms with E-state index in [1.165, 1.54) is 4.90 Å². The Labute approximate surface area is 168 Å². The van der Waals surface area contributed by atoms with E-state index < -0.39 is 0 Å². The van der Waals surface area contributed by atoms with E-state index in [0.29, 0.717) is 18.3 Å². The molecular formula is C21H23N5OS. The summed E-state index contributed by atoms with van der Waals surface area (Å²) < 4.78 is 1.83. The molecule has 0 bridgehead atoms. The van der Waals surface area contributed by atoms with Gasteiger partial charge in [0, 0.05) is 16.3 Å². The molecule has 6 nitrogen and oxygen atoms in total. The first-order chi connectivity index (χ1) is 13.8. The molecule has 4 rings (SSSR count). The molecule has 1 aliphatic rings. The Balaban J connectivity index is 1.39. The number of piperidine rings is 1. The third-order valence-electron chi connectivity index (χ3n) is 4.81. The van der Waals surface area contributed by atoms with Crippen molar-refractivity contribution >= 4 is 17.7 Å². The van der Waals surface area contributed by atoms with E-state index in [1.54, 1.807) is 18.0 Å². The second kappa shape index (κ2) is 9.03. The zero-order valence-electron chi connectivity index (χ0n) is 15.5. The van der Waals surface area contributed by atoms with E-state index in [-0.39, 0.29) is 5.91 Å². The van der Waals surface area contributed by atoms with E-state index in [9.17, 15) is 4.79 Å². The number of carbonyl (C=O) groups is 1. The Kier molecular flexibility index (Phi) is 6.04. The maximum absolute atomic E-state index is 12.5. The van der Waals surface area contributed by atoms with Gasteiger partial charge in [-0.15, -0.1) is 5.10 Å². The normalized spacial score (nSPS) is 14.7. The molecule has 2 heterocycles. The van der Waals surface area contributed by atoms with E-state index in [4.69, 9.17) is 0 Å². The summed E-state index contributed by atoms with van der Waals surface area (Å²) in [5, 5.41) is 14.5. The Morgan fingerprint density at radius 3 is 2.68 bits per heavy atom. The van der Waals surface area contributed by atoms with Gasteiger partial charge in [-0.25, -0.2) is 4.68 Å². The van der Waals surface area contributed by atoms with Gasteiger partial charge in [0.2, 0.25) is 0 Å². The minimum absolute atomic E-state index is 0.195. The summed E-state index contributed by atoms with van der Waals surface area (Å²) in [6, 6.07) is 18.7. The van der Waals surface area contributed by atoms with Crippen molar-refractivity contribution in [2.24, 2.45) is 0 Å². The summed E-state index contributed by atoms with van der Waals surface area (Å²) >= 11 is 1.70. The van der Waals surface area contributed by atoms with Gasteiger partial charge in [0.25, 0.3) is 5.91 Å². The molecule has 1 aromatic heterocycles. The van der Waals surface area contributed by atoms with Crippen LogP contribution in [0.5, 0.6) is 0 Å². The smallest absolute Gasteiger partial charge is 0.273 e. The highest BCUT2D eigenvalue weighted by Gasteiger charge is 2.18. The van der Waals surface area contributed by atoms with Crippen LogP contribution in [0.1, 0.15) is 34.9 Å². The van der Waals surface area contributed by atoms with Crippen molar-refractivity contribution in [2.45, 2.75) is 35.2 Å². The van der Waals surface area contributed by atoms with Gasteiger partial charge in [0.1, 0.15) is 0 Å². The Hall–Kier alpha value is -2.64. The lowest BCUT2D eigenvalue weighted by molar-refractivity contribution is 0.0945. The molecule has 2 aromatic carbocycles. The molecule has 0 atom stereocenters. The molecule has 0 aliphatic carbocycles. The van der Waals surface area contributed by atoms with Gasteiger partial charge in [-0.2, -0.15) is 0 Å². The van der Waals surface area contributed by atoms with E-state index >= 15 is 0 Å². The molecule has 1 saturated heterocycles. The number of nitrogens with one attached hydrogen (secondary N) is 2. The van der Waals surface area contributed by atoms with Gasteiger partial charge in [-0.1, -0.05) is 53.4 Å². The van der Waals surface area contributed by atoms with Crippen LogP contribution in [0.3, 0.4) is 0 Å². The molecule has 0 saturated carbocycles. The summed E-state index contributed by atoms with van der Waals surface area (Å²) in [7, 11) is 0. The highest BCUT2D eigenvalue weighted by molar-refractivity contribution is 7.99. The molecule has 28 heavy (non-hydrogen) atoms. The monoisotopic (exact) mass is 393 g/mol. The minimum Gasteiger partial charge on any atom is -0.346 e. The number of aromatic nitrogens is 3. The number of amides is 1. The van der Waals surface area contributed by atoms with E-state index in [1.807, 2.05) is 41.1 Å². The predicted molar refractivity (Wildman–Crippen MR) is 109 cm³/mol. The average Bonchev–Trinajstić information content (AvgIpc) is 3.25. The van der Waals surface area contributed by atoms with Crippen LogP contribution in [-0.4, -0.2) is 34.0 Å². The van der Waals surface area contributed by atoms with Gasteiger partial charge in [0.15, 0.2) is 5.69 Å². The molecule has 0 spiro atoms. The lowest BCUT2D eigenvalue weighted by atomic mass is 10.1. The van der Waals surface area contributed by atoms with Crippen molar-refractivity contribution in [3.05, 3.63) is 72.1 Å². The van der Waals surface area contributed by atoms with E-state index in [0.717, 1.165) is 36.4 Å². The fraction of sp³-hybridized carbons (Fsp3) is 0.286. The van der Waals surface area contributed by atoms with Crippen LogP contribution >= 0.6 is 11.8 Å². The van der Waals surface area contributed by atoms with Crippen LogP contribution in [0.2, 0.25) is 0 Å². The lowest BCUT2D eigenvalue weighted by Crippen LogP contribution is -2.29. The van der Waals surface area contributed by atoms with Crippen LogP contribution < -0.4 is 10.6 Å². The number of benzene rings is 2. The first-order valence-electron chi connectivity index (χ1n) is 9.51. The average molecular weight is 394 g/mol. The lowest BCUT2D eigenvalue weighted by Gasteiger charge is -2.22. The Bertz CT molecular complexity index is 921. The van der Waals surface area contributed by atoms with Gasteiger partial charge in [0.05, 0.1) is 12.2 Å². The zero-order valence-corrected chi connectivity index (χ0v) is 16.4. The highest BCUT2D eigenvalue weighted by atomic mass is 32.2. The minimum atomic E-state index is -0.195. The van der Waals surface area contributed by atoms with Crippen LogP contribution in [-0.2, 0) is 6.54 Å². The zero-order chi connectivity index (χ0) is 19.2. The first-order valence-corrected chi connectivity index (χ1v) is 10.3.